The molecular weight excluding hydrogens is 278 g/mol. The predicted molar refractivity (Wildman–Crippen MR) is 85.4 cm³/mol. The van der Waals surface area contributed by atoms with E-state index in [2.05, 4.69) is 15.3 Å². The largest absolute Gasteiger partial charge is 0.458 e. The summed E-state index contributed by atoms with van der Waals surface area (Å²) in [5.74, 6) is 0.0955. The summed E-state index contributed by atoms with van der Waals surface area (Å²) in [4.78, 5) is 20.6. The minimum absolute atomic E-state index is 0.316. The van der Waals surface area contributed by atoms with Crippen LogP contribution in [0.15, 0.2) is 48.8 Å². The van der Waals surface area contributed by atoms with Crippen LogP contribution in [-0.2, 0) is 16.0 Å². The summed E-state index contributed by atoms with van der Waals surface area (Å²) < 4.78 is 5.49. The molecular formula is C17H21N3O2. The van der Waals surface area contributed by atoms with Crippen molar-refractivity contribution in [2.24, 2.45) is 0 Å². The van der Waals surface area contributed by atoms with E-state index in [1.165, 1.54) is 0 Å². The average Bonchev–Trinajstić information content (AvgIpc) is 2.47. The molecule has 5 heteroatoms. The van der Waals surface area contributed by atoms with Crippen molar-refractivity contribution in [1.82, 2.24) is 9.97 Å². The molecule has 22 heavy (non-hydrogen) atoms. The fourth-order valence-corrected chi connectivity index (χ4v) is 1.95. The van der Waals surface area contributed by atoms with Crippen LogP contribution < -0.4 is 5.32 Å². The van der Waals surface area contributed by atoms with Crippen LogP contribution in [0, 0.1) is 0 Å². The van der Waals surface area contributed by atoms with E-state index in [1.54, 1.807) is 18.5 Å². The van der Waals surface area contributed by atoms with Crippen molar-refractivity contribution in [3.8, 4) is 0 Å². The number of hydrogen-bond donors (Lipinski definition) is 1. The van der Waals surface area contributed by atoms with Crippen molar-refractivity contribution < 1.29 is 9.53 Å². The van der Waals surface area contributed by atoms with Crippen molar-refractivity contribution in [2.45, 2.75) is 38.8 Å². The third kappa shape index (κ3) is 5.16. The lowest BCUT2D eigenvalue weighted by Crippen LogP contribution is -2.38. The number of nitrogens with zero attached hydrogens (tertiary/aromatic N) is 2. The third-order valence-corrected chi connectivity index (χ3v) is 2.84. The van der Waals surface area contributed by atoms with Gasteiger partial charge in [-0.05, 0) is 32.4 Å². The van der Waals surface area contributed by atoms with Gasteiger partial charge >= 0.3 is 5.97 Å². The highest BCUT2D eigenvalue weighted by molar-refractivity contribution is 5.79. The van der Waals surface area contributed by atoms with E-state index in [0.717, 1.165) is 5.56 Å². The van der Waals surface area contributed by atoms with Gasteiger partial charge in [-0.15, -0.1) is 0 Å². The average molecular weight is 299 g/mol. The fourth-order valence-electron chi connectivity index (χ4n) is 1.95. The number of rotatable bonds is 5. The Kier molecular flexibility index (Phi) is 5.09. The maximum atomic E-state index is 12.4. The smallest absolute Gasteiger partial charge is 0.329 e. The van der Waals surface area contributed by atoms with Crippen LogP contribution in [0.5, 0.6) is 0 Å². The van der Waals surface area contributed by atoms with E-state index in [0.29, 0.717) is 12.4 Å². The van der Waals surface area contributed by atoms with Crippen molar-refractivity contribution >= 4 is 11.9 Å². The van der Waals surface area contributed by atoms with E-state index in [-0.39, 0.29) is 5.97 Å². The molecule has 2 aromatic rings. The number of carbonyl (C=O) groups excluding carboxylic acids is 1. The van der Waals surface area contributed by atoms with Crippen LogP contribution in [-0.4, -0.2) is 27.6 Å². The Morgan fingerprint density at radius 2 is 1.77 bits per heavy atom. The topological polar surface area (TPSA) is 64.1 Å². The van der Waals surface area contributed by atoms with Crippen molar-refractivity contribution in [3.63, 3.8) is 0 Å². The van der Waals surface area contributed by atoms with E-state index >= 15 is 0 Å². The normalized spacial score (nSPS) is 12.5. The molecule has 0 saturated carbocycles. The Bertz CT molecular complexity index is 553. The summed E-state index contributed by atoms with van der Waals surface area (Å²) in [6, 6.07) is 11.0. The molecule has 1 atom stereocenters. The van der Waals surface area contributed by atoms with Gasteiger partial charge in [-0.25, -0.2) is 14.8 Å². The molecule has 1 aromatic heterocycles. The van der Waals surface area contributed by atoms with Crippen LogP contribution in [0.2, 0.25) is 0 Å². The minimum Gasteiger partial charge on any atom is -0.458 e. The van der Waals surface area contributed by atoms with E-state index in [9.17, 15) is 4.79 Å². The summed E-state index contributed by atoms with van der Waals surface area (Å²) >= 11 is 0. The molecule has 1 N–H and O–H groups in total. The summed E-state index contributed by atoms with van der Waals surface area (Å²) in [7, 11) is 0. The fraction of sp³-hybridized carbons (Fsp3) is 0.353. The number of carbonyl (C=O) groups is 1. The molecule has 0 aliphatic heterocycles. The molecule has 0 amide bonds. The standard InChI is InChI=1S/C17H21N3O2/c1-17(2,3)22-15(21)14(12-13-8-5-4-6-9-13)20-16-18-10-7-11-19-16/h4-11,14H,12H2,1-3H3,(H,18,19,20)/t14-/m1/s1. The lowest BCUT2D eigenvalue weighted by atomic mass is 10.1. The number of nitrogens with one attached hydrogen (secondary N) is 1. The molecule has 1 aromatic carbocycles. The Labute approximate surface area is 130 Å². The second-order valence-electron chi connectivity index (χ2n) is 5.99. The van der Waals surface area contributed by atoms with Gasteiger partial charge in [-0.2, -0.15) is 0 Å². The summed E-state index contributed by atoms with van der Waals surface area (Å²) in [6.07, 6.45) is 3.77. The van der Waals surface area contributed by atoms with E-state index in [4.69, 9.17) is 4.74 Å². The van der Waals surface area contributed by atoms with Crippen molar-refractivity contribution in [1.29, 1.82) is 0 Å². The first-order chi connectivity index (χ1) is 10.4. The van der Waals surface area contributed by atoms with Crippen LogP contribution in [0.25, 0.3) is 0 Å². The number of ether oxygens (including phenoxy) is 1. The van der Waals surface area contributed by atoms with Gasteiger partial charge in [0.1, 0.15) is 11.6 Å². The first kappa shape index (κ1) is 15.9. The highest BCUT2D eigenvalue weighted by atomic mass is 16.6. The number of anilines is 1. The van der Waals surface area contributed by atoms with Crippen LogP contribution in [0.4, 0.5) is 5.95 Å². The predicted octanol–water partition coefficient (Wildman–Crippen LogP) is 2.84. The zero-order chi connectivity index (χ0) is 16.0. The molecule has 0 saturated heterocycles. The number of hydrogen-bond acceptors (Lipinski definition) is 5. The first-order valence-corrected chi connectivity index (χ1v) is 7.24. The molecule has 1 heterocycles. The lowest BCUT2D eigenvalue weighted by Gasteiger charge is -2.24. The van der Waals surface area contributed by atoms with Crippen molar-refractivity contribution in [3.05, 3.63) is 54.4 Å². The Balaban J connectivity index is 2.14. The molecule has 2 rings (SSSR count). The minimum atomic E-state index is -0.538. The second-order valence-corrected chi connectivity index (χ2v) is 5.99. The molecule has 0 aliphatic rings. The van der Waals surface area contributed by atoms with Gasteiger partial charge in [0, 0.05) is 18.8 Å². The highest BCUT2D eigenvalue weighted by Crippen LogP contribution is 2.13. The maximum absolute atomic E-state index is 12.4. The Morgan fingerprint density at radius 3 is 2.36 bits per heavy atom. The second kappa shape index (κ2) is 7.02. The molecule has 0 unspecified atom stereocenters. The van der Waals surface area contributed by atoms with Gasteiger partial charge < -0.3 is 10.1 Å². The molecule has 0 fully saturated rings. The summed E-state index contributed by atoms with van der Waals surface area (Å²) in [5.41, 5.74) is 0.507. The van der Waals surface area contributed by atoms with Gasteiger partial charge in [-0.3, -0.25) is 0 Å². The molecule has 116 valence electrons. The van der Waals surface area contributed by atoms with Gasteiger partial charge in [0.05, 0.1) is 0 Å². The number of esters is 1. The monoisotopic (exact) mass is 299 g/mol. The first-order valence-electron chi connectivity index (χ1n) is 7.24. The number of aromatic nitrogens is 2. The number of benzene rings is 1. The van der Waals surface area contributed by atoms with Crippen LogP contribution in [0.3, 0.4) is 0 Å². The zero-order valence-electron chi connectivity index (χ0n) is 13.1. The van der Waals surface area contributed by atoms with Crippen LogP contribution in [0.1, 0.15) is 26.3 Å². The maximum Gasteiger partial charge on any atom is 0.329 e. The highest BCUT2D eigenvalue weighted by Gasteiger charge is 2.26. The molecule has 0 bridgehead atoms. The van der Waals surface area contributed by atoms with Gasteiger partial charge in [0.25, 0.3) is 0 Å². The third-order valence-electron chi connectivity index (χ3n) is 2.84. The van der Waals surface area contributed by atoms with Crippen molar-refractivity contribution in [2.75, 3.05) is 5.32 Å². The quantitative estimate of drug-likeness (QED) is 0.860. The van der Waals surface area contributed by atoms with E-state index < -0.39 is 11.6 Å². The molecule has 5 nitrogen and oxygen atoms in total. The van der Waals surface area contributed by atoms with Gasteiger partial charge in [-0.1, -0.05) is 30.3 Å². The SMILES string of the molecule is CC(C)(C)OC(=O)[C@@H](Cc1ccccc1)Nc1ncccn1. The zero-order valence-corrected chi connectivity index (χ0v) is 13.1. The van der Waals surface area contributed by atoms with Gasteiger partial charge in [0.15, 0.2) is 0 Å². The van der Waals surface area contributed by atoms with Gasteiger partial charge in [0.2, 0.25) is 5.95 Å². The Hall–Kier alpha value is -2.43. The lowest BCUT2D eigenvalue weighted by molar-refractivity contribution is -0.155. The summed E-state index contributed by atoms with van der Waals surface area (Å²) in [5, 5.41) is 3.05. The molecule has 0 aliphatic carbocycles. The van der Waals surface area contributed by atoms with Crippen LogP contribution >= 0.6 is 0 Å². The molecule has 0 radical (unpaired) electrons. The summed E-state index contributed by atoms with van der Waals surface area (Å²) in [6.45, 7) is 5.55. The molecule has 0 spiro atoms. The Morgan fingerprint density at radius 1 is 1.14 bits per heavy atom. The van der Waals surface area contributed by atoms with E-state index in [1.807, 2.05) is 51.1 Å².